The van der Waals surface area contributed by atoms with Crippen LogP contribution < -0.4 is 10.2 Å². The molecule has 6 nitrogen and oxygen atoms in total. The minimum absolute atomic E-state index is 0.0959. The second-order valence-corrected chi connectivity index (χ2v) is 8.74. The summed E-state index contributed by atoms with van der Waals surface area (Å²) in [4.78, 5) is 12.2. The Kier molecular flexibility index (Phi) is 7.66. The van der Waals surface area contributed by atoms with Crippen molar-refractivity contribution >= 4 is 23.2 Å². The van der Waals surface area contributed by atoms with Crippen LogP contribution in [0.15, 0.2) is 23.2 Å². The van der Waals surface area contributed by atoms with E-state index in [2.05, 4.69) is 60.1 Å². The lowest BCUT2D eigenvalue weighted by Gasteiger charge is -2.42. The molecule has 0 bridgehead atoms. The fourth-order valence-corrected chi connectivity index (χ4v) is 4.39. The van der Waals surface area contributed by atoms with Gasteiger partial charge in [0.05, 0.1) is 6.54 Å². The minimum Gasteiger partial charge on any atom is -0.381 e. The monoisotopic (exact) mass is 421 g/mol. The minimum atomic E-state index is 0.0959. The molecule has 0 aliphatic carbocycles. The predicted molar refractivity (Wildman–Crippen MR) is 122 cm³/mol. The van der Waals surface area contributed by atoms with Gasteiger partial charge in [0.1, 0.15) is 0 Å². The number of rotatable bonds is 5. The van der Waals surface area contributed by atoms with E-state index in [1.807, 2.05) is 6.07 Å². The van der Waals surface area contributed by atoms with Crippen LogP contribution in [0.2, 0.25) is 5.02 Å². The van der Waals surface area contributed by atoms with E-state index in [0.29, 0.717) is 0 Å². The van der Waals surface area contributed by atoms with Crippen molar-refractivity contribution in [2.45, 2.75) is 32.2 Å². The Morgan fingerprint density at radius 1 is 1.21 bits per heavy atom. The molecule has 1 N–H and O–H groups in total. The highest BCUT2D eigenvalue weighted by atomic mass is 35.5. The average Bonchev–Trinajstić information content (AvgIpc) is 2.73. The zero-order valence-corrected chi connectivity index (χ0v) is 19.1. The standard InChI is InChI=1S/C22H36ClN5O/c1-5-24-21(25-17-22(26(3)4)8-14-29-15-9-22)28-12-10-27(11-13-28)20-16-19(23)7-6-18(20)2/h6-7,16H,5,8-15,17H2,1-4H3,(H,24,25). The van der Waals surface area contributed by atoms with E-state index in [4.69, 9.17) is 21.3 Å². The SMILES string of the molecule is CCNC(=NCC1(N(C)C)CCOCC1)N1CCN(c2cc(Cl)ccc2C)CC1. The molecule has 0 radical (unpaired) electrons. The van der Waals surface area contributed by atoms with E-state index in [1.54, 1.807) is 0 Å². The van der Waals surface area contributed by atoms with E-state index in [9.17, 15) is 0 Å². The summed E-state index contributed by atoms with van der Waals surface area (Å²) in [5, 5.41) is 4.31. The number of aliphatic imine (C=N–C) groups is 1. The molecule has 2 heterocycles. The molecule has 1 aromatic carbocycles. The van der Waals surface area contributed by atoms with Crippen LogP contribution >= 0.6 is 11.6 Å². The van der Waals surface area contributed by atoms with E-state index in [0.717, 1.165) is 76.3 Å². The molecule has 2 aliphatic rings. The van der Waals surface area contributed by atoms with Crippen LogP contribution in [0.5, 0.6) is 0 Å². The van der Waals surface area contributed by atoms with Gasteiger partial charge in [-0.15, -0.1) is 0 Å². The molecule has 1 aromatic rings. The number of halogens is 1. The summed E-state index contributed by atoms with van der Waals surface area (Å²) >= 11 is 6.23. The first-order chi connectivity index (χ1) is 13.9. The largest absolute Gasteiger partial charge is 0.381 e. The van der Waals surface area contributed by atoms with Crippen molar-refractivity contribution in [1.82, 2.24) is 15.1 Å². The Morgan fingerprint density at radius 2 is 1.90 bits per heavy atom. The highest BCUT2D eigenvalue weighted by molar-refractivity contribution is 6.30. The first-order valence-electron chi connectivity index (χ1n) is 10.7. The number of hydrogen-bond acceptors (Lipinski definition) is 4. The van der Waals surface area contributed by atoms with Crippen molar-refractivity contribution in [2.75, 3.05) is 71.5 Å². The molecular weight excluding hydrogens is 386 g/mol. The molecular formula is C22H36ClN5O. The smallest absolute Gasteiger partial charge is 0.194 e. The maximum atomic E-state index is 6.23. The molecule has 0 atom stereocenters. The fourth-order valence-electron chi connectivity index (χ4n) is 4.23. The molecule has 0 spiro atoms. The number of guanidine groups is 1. The molecule has 29 heavy (non-hydrogen) atoms. The van der Waals surface area contributed by atoms with Crippen LogP contribution in [0.25, 0.3) is 0 Å². The Balaban J connectivity index is 1.67. The number of likely N-dealkylation sites (N-methyl/N-ethyl adjacent to an activating group) is 1. The summed E-state index contributed by atoms with van der Waals surface area (Å²) in [7, 11) is 4.33. The fraction of sp³-hybridized carbons (Fsp3) is 0.682. The molecule has 0 saturated carbocycles. The number of hydrogen-bond donors (Lipinski definition) is 1. The number of aryl methyl sites for hydroxylation is 1. The van der Waals surface area contributed by atoms with Crippen LogP contribution in [0.4, 0.5) is 5.69 Å². The Bertz CT molecular complexity index is 694. The maximum absolute atomic E-state index is 6.23. The van der Waals surface area contributed by atoms with Gasteiger partial charge in [0.2, 0.25) is 0 Å². The predicted octanol–water partition coefficient (Wildman–Crippen LogP) is 2.85. The van der Waals surface area contributed by atoms with Crippen molar-refractivity contribution in [1.29, 1.82) is 0 Å². The van der Waals surface area contributed by atoms with Crippen molar-refractivity contribution in [3.63, 3.8) is 0 Å². The average molecular weight is 422 g/mol. The van der Waals surface area contributed by atoms with Crippen molar-refractivity contribution in [3.05, 3.63) is 28.8 Å². The number of benzene rings is 1. The zero-order valence-electron chi connectivity index (χ0n) is 18.4. The maximum Gasteiger partial charge on any atom is 0.194 e. The van der Waals surface area contributed by atoms with Crippen LogP contribution in [-0.4, -0.2) is 87.9 Å². The second-order valence-electron chi connectivity index (χ2n) is 8.31. The molecule has 0 aromatic heterocycles. The number of piperazine rings is 1. The van der Waals surface area contributed by atoms with Gasteiger partial charge in [0.25, 0.3) is 0 Å². The lowest BCUT2D eigenvalue weighted by Crippen LogP contribution is -2.54. The first kappa shape index (κ1) is 22.2. The summed E-state index contributed by atoms with van der Waals surface area (Å²) in [5.74, 6) is 1.03. The van der Waals surface area contributed by atoms with Crippen LogP contribution in [0, 0.1) is 6.92 Å². The van der Waals surface area contributed by atoms with Crippen LogP contribution in [-0.2, 0) is 4.74 Å². The summed E-state index contributed by atoms with van der Waals surface area (Å²) in [5.41, 5.74) is 2.61. The van der Waals surface area contributed by atoms with Gasteiger partial charge in [-0.05, 0) is 58.5 Å². The van der Waals surface area contributed by atoms with Crippen molar-refractivity contribution in [3.8, 4) is 0 Å². The summed E-state index contributed by atoms with van der Waals surface area (Å²) in [6.45, 7) is 11.5. The van der Waals surface area contributed by atoms with Gasteiger partial charge in [-0.2, -0.15) is 0 Å². The first-order valence-corrected chi connectivity index (χ1v) is 11.1. The van der Waals surface area contributed by atoms with E-state index in [1.165, 1.54) is 11.3 Å². The van der Waals surface area contributed by atoms with Gasteiger partial charge in [0, 0.05) is 62.2 Å². The summed E-state index contributed by atoms with van der Waals surface area (Å²) in [6, 6.07) is 6.14. The zero-order chi connectivity index (χ0) is 20.9. The Morgan fingerprint density at radius 3 is 2.52 bits per heavy atom. The topological polar surface area (TPSA) is 43.3 Å². The molecule has 0 unspecified atom stereocenters. The van der Waals surface area contributed by atoms with E-state index < -0.39 is 0 Å². The summed E-state index contributed by atoms with van der Waals surface area (Å²) < 4.78 is 5.60. The normalized spacial score (nSPS) is 20.3. The van der Waals surface area contributed by atoms with Gasteiger partial charge in [-0.25, -0.2) is 0 Å². The quantitative estimate of drug-likeness (QED) is 0.585. The number of nitrogens with one attached hydrogen (secondary N) is 1. The van der Waals surface area contributed by atoms with E-state index in [-0.39, 0.29) is 5.54 Å². The van der Waals surface area contributed by atoms with Gasteiger partial charge in [0.15, 0.2) is 5.96 Å². The van der Waals surface area contributed by atoms with Gasteiger partial charge >= 0.3 is 0 Å². The van der Waals surface area contributed by atoms with Crippen LogP contribution in [0.3, 0.4) is 0 Å². The number of ether oxygens (including phenoxy) is 1. The highest BCUT2D eigenvalue weighted by Crippen LogP contribution is 2.27. The van der Waals surface area contributed by atoms with Crippen molar-refractivity contribution in [2.24, 2.45) is 4.99 Å². The van der Waals surface area contributed by atoms with E-state index >= 15 is 0 Å². The van der Waals surface area contributed by atoms with Crippen molar-refractivity contribution < 1.29 is 4.74 Å². The third kappa shape index (κ3) is 5.36. The number of nitrogens with zero attached hydrogens (tertiary/aromatic N) is 4. The third-order valence-electron chi connectivity index (χ3n) is 6.32. The van der Waals surface area contributed by atoms with Gasteiger partial charge < -0.3 is 24.8 Å². The lowest BCUT2D eigenvalue weighted by molar-refractivity contribution is -0.00264. The third-order valence-corrected chi connectivity index (χ3v) is 6.56. The van der Waals surface area contributed by atoms with Crippen LogP contribution in [0.1, 0.15) is 25.3 Å². The highest BCUT2D eigenvalue weighted by Gasteiger charge is 2.35. The summed E-state index contributed by atoms with van der Waals surface area (Å²) in [6.07, 6.45) is 2.06. The Hall–Kier alpha value is -1.50. The molecule has 2 fully saturated rings. The molecule has 2 aliphatic heterocycles. The molecule has 162 valence electrons. The van der Waals surface area contributed by atoms with Gasteiger partial charge in [-0.1, -0.05) is 17.7 Å². The second kappa shape index (κ2) is 10.0. The molecule has 7 heteroatoms. The molecule has 3 rings (SSSR count). The lowest BCUT2D eigenvalue weighted by atomic mass is 9.89. The molecule has 2 saturated heterocycles. The van der Waals surface area contributed by atoms with Gasteiger partial charge in [-0.3, -0.25) is 4.99 Å². The Labute approximate surface area is 180 Å². The number of anilines is 1. The molecule has 0 amide bonds.